The number of ketones is 1. The zero-order chi connectivity index (χ0) is 17.5. The molecule has 0 unspecified atom stereocenters. The van der Waals surface area contributed by atoms with E-state index in [0.29, 0.717) is 28.4 Å². The minimum Gasteiger partial charge on any atom is -0.497 e. The molecule has 0 saturated heterocycles. The van der Waals surface area contributed by atoms with Gasteiger partial charge in [0, 0.05) is 11.6 Å². The molecule has 2 aromatic rings. The molecule has 2 rings (SSSR count). The molecule has 0 aliphatic heterocycles. The lowest BCUT2D eigenvalue weighted by Gasteiger charge is -2.06. The Morgan fingerprint density at radius 2 is 1.46 bits per heavy atom. The van der Waals surface area contributed by atoms with Crippen LogP contribution in [0.4, 0.5) is 0 Å². The van der Waals surface area contributed by atoms with E-state index >= 15 is 0 Å². The molecule has 122 valence electrons. The van der Waals surface area contributed by atoms with Gasteiger partial charge in [-0.15, -0.1) is 0 Å². The Bertz CT molecular complexity index is 779. The van der Waals surface area contributed by atoms with Crippen LogP contribution in [0.2, 0.25) is 0 Å². The second-order valence-corrected chi connectivity index (χ2v) is 4.87. The highest BCUT2D eigenvalue weighted by Crippen LogP contribution is 2.24. The number of hydrogen-bond acceptors (Lipinski definition) is 5. The molecule has 0 aliphatic carbocycles. The summed E-state index contributed by atoms with van der Waals surface area (Å²) in [5, 5.41) is 9.35. The highest BCUT2D eigenvalue weighted by molar-refractivity contribution is 6.14. The van der Waals surface area contributed by atoms with Crippen molar-refractivity contribution in [2.45, 2.75) is 0 Å². The number of carbonyl (C=O) groups excluding carboxylic acids is 1. The fraction of sp³-hybridized carbons (Fsp3) is 0.158. The SMILES string of the molecule is COc1ccc(C(=O)C(C#N)=Cc2cc(OC)cc(OC)c2)cc1. The standard InChI is InChI=1S/C19H17NO4/c1-22-16-6-4-14(5-7-16)19(21)15(12-20)8-13-9-17(23-2)11-18(10-13)24-3/h4-11H,1-3H3. The lowest BCUT2D eigenvalue weighted by Crippen LogP contribution is -2.02. The number of allylic oxidation sites excluding steroid dienone is 1. The number of Topliss-reactive ketones (excluding diaryl/α,β-unsaturated/α-hetero) is 1. The molecule has 0 spiro atoms. The average Bonchev–Trinajstić information content (AvgIpc) is 2.65. The second kappa shape index (κ2) is 7.84. The van der Waals surface area contributed by atoms with Gasteiger partial charge < -0.3 is 14.2 Å². The monoisotopic (exact) mass is 323 g/mol. The molecule has 0 N–H and O–H groups in total. The van der Waals surface area contributed by atoms with Crippen LogP contribution in [-0.4, -0.2) is 27.1 Å². The van der Waals surface area contributed by atoms with Crippen LogP contribution in [0.3, 0.4) is 0 Å². The zero-order valence-corrected chi connectivity index (χ0v) is 13.7. The Hall–Kier alpha value is -3.26. The lowest BCUT2D eigenvalue weighted by atomic mass is 10.0. The molecular formula is C19H17NO4. The van der Waals surface area contributed by atoms with Crippen LogP contribution in [-0.2, 0) is 0 Å². The van der Waals surface area contributed by atoms with Crippen LogP contribution in [0, 0.1) is 11.3 Å². The molecule has 5 heteroatoms. The fourth-order valence-electron chi connectivity index (χ4n) is 2.13. The van der Waals surface area contributed by atoms with Crippen molar-refractivity contribution in [1.82, 2.24) is 0 Å². The maximum absolute atomic E-state index is 12.5. The Labute approximate surface area is 140 Å². The largest absolute Gasteiger partial charge is 0.497 e. The van der Waals surface area contributed by atoms with Crippen LogP contribution in [0.1, 0.15) is 15.9 Å². The number of rotatable bonds is 6. The summed E-state index contributed by atoms with van der Waals surface area (Å²) in [5.74, 6) is 1.44. The van der Waals surface area contributed by atoms with Gasteiger partial charge in [0.25, 0.3) is 0 Å². The molecule has 0 saturated carbocycles. The summed E-state index contributed by atoms with van der Waals surface area (Å²) >= 11 is 0. The summed E-state index contributed by atoms with van der Waals surface area (Å²) in [5.41, 5.74) is 1.08. The highest BCUT2D eigenvalue weighted by atomic mass is 16.5. The minimum atomic E-state index is -0.359. The molecule has 0 amide bonds. The van der Waals surface area contributed by atoms with Crippen LogP contribution >= 0.6 is 0 Å². The number of methoxy groups -OCH3 is 3. The fourth-order valence-corrected chi connectivity index (χ4v) is 2.13. The molecule has 0 aliphatic rings. The van der Waals surface area contributed by atoms with E-state index in [1.54, 1.807) is 49.6 Å². The molecule has 5 nitrogen and oxygen atoms in total. The number of carbonyl (C=O) groups is 1. The number of nitrogens with zero attached hydrogens (tertiary/aromatic N) is 1. The summed E-state index contributed by atoms with van der Waals surface area (Å²) in [6.07, 6.45) is 1.51. The van der Waals surface area contributed by atoms with Gasteiger partial charge in [-0.1, -0.05) is 0 Å². The van der Waals surface area contributed by atoms with Gasteiger partial charge in [-0.05, 0) is 48.0 Å². The molecule has 0 atom stereocenters. The van der Waals surface area contributed by atoms with Gasteiger partial charge in [-0.3, -0.25) is 4.79 Å². The van der Waals surface area contributed by atoms with E-state index in [4.69, 9.17) is 14.2 Å². The molecule has 0 heterocycles. The maximum Gasteiger partial charge on any atom is 0.203 e. The van der Waals surface area contributed by atoms with Gasteiger partial charge in [0.05, 0.1) is 21.3 Å². The maximum atomic E-state index is 12.5. The van der Waals surface area contributed by atoms with Crippen LogP contribution < -0.4 is 14.2 Å². The summed E-state index contributed by atoms with van der Waals surface area (Å²) in [7, 11) is 4.62. The lowest BCUT2D eigenvalue weighted by molar-refractivity contribution is 0.104. The molecule has 0 bridgehead atoms. The number of ether oxygens (including phenoxy) is 3. The Kier molecular flexibility index (Phi) is 5.58. The topological polar surface area (TPSA) is 68.6 Å². The number of nitriles is 1. The predicted octanol–water partition coefficient (Wildman–Crippen LogP) is 3.50. The van der Waals surface area contributed by atoms with E-state index in [1.165, 1.54) is 20.3 Å². The first-order valence-corrected chi connectivity index (χ1v) is 7.15. The normalized spacial score (nSPS) is 10.7. The predicted molar refractivity (Wildman–Crippen MR) is 90.5 cm³/mol. The first-order chi connectivity index (χ1) is 11.6. The third-order valence-corrected chi connectivity index (χ3v) is 3.40. The van der Waals surface area contributed by atoms with E-state index < -0.39 is 0 Å². The van der Waals surface area contributed by atoms with E-state index in [-0.39, 0.29) is 11.4 Å². The van der Waals surface area contributed by atoms with Crippen molar-refractivity contribution < 1.29 is 19.0 Å². The number of benzene rings is 2. The van der Waals surface area contributed by atoms with Gasteiger partial charge in [0.2, 0.25) is 5.78 Å². The van der Waals surface area contributed by atoms with Crippen molar-refractivity contribution in [3.8, 4) is 23.3 Å². The summed E-state index contributed by atoms with van der Waals surface area (Å²) in [6, 6.07) is 13.7. The van der Waals surface area contributed by atoms with E-state index in [9.17, 15) is 10.1 Å². The Morgan fingerprint density at radius 3 is 1.92 bits per heavy atom. The third-order valence-electron chi connectivity index (χ3n) is 3.40. The van der Waals surface area contributed by atoms with Crippen molar-refractivity contribution in [2.75, 3.05) is 21.3 Å². The third kappa shape index (κ3) is 3.93. The summed E-state index contributed by atoms with van der Waals surface area (Å²) in [6.45, 7) is 0. The van der Waals surface area contributed by atoms with Crippen LogP contribution in [0.15, 0.2) is 48.0 Å². The Balaban J connectivity index is 2.37. The minimum absolute atomic E-state index is 0.0236. The van der Waals surface area contributed by atoms with Gasteiger partial charge in [0.1, 0.15) is 28.9 Å². The van der Waals surface area contributed by atoms with E-state index in [1.807, 2.05) is 6.07 Å². The first kappa shape index (κ1) is 17.1. The van der Waals surface area contributed by atoms with Gasteiger partial charge in [-0.25, -0.2) is 0 Å². The van der Waals surface area contributed by atoms with E-state index in [0.717, 1.165) is 0 Å². The van der Waals surface area contributed by atoms with Gasteiger partial charge in [0.15, 0.2) is 0 Å². The van der Waals surface area contributed by atoms with Crippen molar-refractivity contribution in [2.24, 2.45) is 0 Å². The number of hydrogen-bond donors (Lipinski definition) is 0. The second-order valence-electron chi connectivity index (χ2n) is 4.87. The zero-order valence-electron chi connectivity index (χ0n) is 13.7. The average molecular weight is 323 g/mol. The van der Waals surface area contributed by atoms with Crippen LogP contribution in [0.5, 0.6) is 17.2 Å². The van der Waals surface area contributed by atoms with Crippen molar-refractivity contribution in [3.63, 3.8) is 0 Å². The molecule has 0 fully saturated rings. The summed E-state index contributed by atoms with van der Waals surface area (Å²) in [4.78, 5) is 12.5. The summed E-state index contributed by atoms with van der Waals surface area (Å²) < 4.78 is 15.4. The molecular weight excluding hydrogens is 306 g/mol. The van der Waals surface area contributed by atoms with Gasteiger partial charge in [-0.2, -0.15) is 5.26 Å². The first-order valence-electron chi connectivity index (χ1n) is 7.15. The molecule has 0 aromatic heterocycles. The molecule has 0 radical (unpaired) electrons. The van der Waals surface area contributed by atoms with Crippen molar-refractivity contribution in [3.05, 3.63) is 59.2 Å². The van der Waals surface area contributed by atoms with Crippen LogP contribution in [0.25, 0.3) is 6.08 Å². The molecule has 24 heavy (non-hydrogen) atoms. The highest BCUT2D eigenvalue weighted by Gasteiger charge is 2.13. The molecule has 2 aromatic carbocycles. The van der Waals surface area contributed by atoms with Crippen molar-refractivity contribution in [1.29, 1.82) is 5.26 Å². The Morgan fingerprint density at radius 1 is 0.917 bits per heavy atom. The quantitative estimate of drug-likeness (QED) is 0.462. The van der Waals surface area contributed by atoms with E-state index in [2.05, 4.69) is 0 Å². The van der Waals surface area contributed by atoms with Crippen molar-refractivity contribution >= 4 is 11.9 Å². The smallest absolute Gasteiger partial charge is 0.203 e. The van der Waals surface area contributed by atoms with Gasteiger partial charge >= 0.3 is 0 Å².